The molecule has 47 heavy (non-hydrogen) atoms. The lowest BCUT2D eigenvalue weighted by atomic mass is 10.00. The van der Waals surface area contributed by atoms with Crippen molar-refractivity contribution >= 4 is 29.0 Å². The number of carbonyl (C=O) groups is 3. The van der Waals surface area contributed by atoms with Crippen molar-refractivity contribution in [2.24, 2.45) is 0 Å². The number of anilines is 2. The van der Waals surface area contributed by atoms with E-state index in [0.29, 0.717) is 55.0 Å². The van der Waals surface area contributed by atoms with Crippen LogP contribution in [0.2, 0.25) is 0 Å². The first-order valence-electron chi connectivity index (χ1n) is 15.8. The van der Waals surface area contributed by atoms with Gasteiger partial charge >= 0.3 is 5.97 Å². The molecule has 0 heterocycles. The standard InChI is InChI=1S/C40H38N2O5/c43-38(26-23-30-13-4-1-5-14-30)42(33-17-8-3-9-18-33)27-12-28-47-34-24-21-31(22-25-34)29-37(40(45)46)41-36-20-11-10-19-35(36)39(44)32-15-6-2-7-16-32/h1-11,13-22,24-25,37,41H,12,23,26-29H2,(H,45,46). The molecule has 5 aromatic carbocycles. The molecule has 0 aromatic heterocycles. The van der Waals surface area contributed by atoms with E-state index in [9.17, 15) is 19.5 Å². The Bertz CT molecular complexity index is 1740. The van der Waals surface area contributed by atoms with Gasteiger partial charge in [0.1, 0.15) is 11.8 Å². The van der Waals surface area contributed by atoms with Crippen LogP contribution in [0.25, 0.3) is 0 Å². The maximum absolute atomic E-state index is 13.2. The predicted octanol–water partition coefficient (Wildman–Crippen LogP) is 7.46. The van der Waals surface area contributed by atoms with Crippen molar-refractivity contribution in [2.45, 2.75) is 31.7 Å². The minimum Gasteiger partial charge on any atom is -0.494 e. The van der Waals surface area contributed by atoms with Gasteiger partial charge in [-0.15, -0.1) is 0 Å². The highest BCUT2D eigenvalue weighted by Gasteiger charge is 2.21. The Kier molecular flexibility index (Phi) is 11.5. The second kappa shape index (κ2) is 16.6. The van der Waals surface area contributed by atoms with Crippen LogP contribution in [0, 0.1) is 0 Å². The van der Waals surface area contributed by atoms with Gasteiger partial charge in [-0.25, -0.2) is 4.79 Å². The monoisotopic (exact) mass is 626 g/mol. The Labute approximate surface area is 275 Å². The van der Waals surface area contributed by atoms with Crippen molar-refractivity contribution in [3.05, 3.63) is 162 Å². The van der Waals surface area contributed by atoms with Gasteiger partial charge in [0.15, 0.2) is 5.78 Å². The van der Waals surface area contributed by atoms with Crippen LogP contribution in [0.3, 0.4) is 0 Å². The lowest BCUT2D eigenvalue weighted by molar-refractivity contribution is -0.137. The summed E-state index contributed by atoms with van der Waals surface area (Å²) in [6.07, 6.45) is 1.95. The molecule has 0 radical (unpaired) electrons. The fourth-order valence-corrected chi connectivity index (χ4v) is 5.35. The number of amides is 1. The van der Waals surface area contributed by atoms with E-state index >= 15 is 0 Å². The molecule has 0 bridgehead atoms. The van der Waals surface area contributed by atoms with Gasteiger partial charge in [-0.1, -0.05) is 103 Å². The molecule has 5 aromatic rings. The first-order valence-corrected chi connectivity index (χ1v) is 15.8. The number of carbonyl (C=O) groups excluding carboxylic acids is 2. The van der Waals surface area contributed by atoms with Crippen LogP contribution >= 0.6 is 0 Å². The minimum atomic E-state index is -1.02. The third-order valence-corrected chi connectivity index (χ3v) is 7.83. The molecule has 7 heteroatoms. The molecule has 0 aliphatic carbocycles. The molecular weight excluding hydrogens is 588 g/mol. The second-order valence-electron chi connectivity index (χ2n) is 11.2. The minimum absolute atomic E-state index is 0.0676. The second-order valence-corrected chi connectivity index (χ2v) is 11.2. The number of nitrogens with zero attached hydrogens (tertiary/aromatic N) is 1. The summed E-state index contributed by atoms with van der Waals surface area (Å²) in [7, 11) is 0. The van der Waals surface area contributed by atoms with E-state index in [4.69, 9.17) is 4.74 Å². The Morgan fingerprint density at radius 1 is 0.702 bits per heavy atom. The summed E-state index contributed by atoms with van der Waals surface area (Å²) in [5, 5.41) is 13.1. The fraction of sp³-hybridized carbons (Fsp3) is 0.175. The van der Waals surface area contributed by atoms with E-state index in [1.165, 1.54) is 0 Å². The summed E-state index contributed by atoms with van der Waals surface area (Å²) in [5.41, 5.74) is 4.22. The van der Waals surface area contributed by atoms with Crippen LogP contribution in [0.4, 0.5) is 11.4 Å². The average molecular weight is 627 g/mol. The van der Waals surface area contributed by atoms with E-state index < -0.39 is 12.0 Å². The van der Waals surface area contributed by atoms with E-state index in [2.05, 4.69) is 5.32 Å². The molecule has 0 spiro atoms. The van der Waals surface area contributed by atoms with Crippen molar-refractivity contribution in [1.82, 2.24) is 0 Å². The number of benzene rings is 5. The number of carboxylic acid groups (broad SMARTS) is 1. The smallest absolute Gasteiger partial charge is 0.326 e. The molecule has 1 unspecified atom stereocenters. The normalized spacial score (nSPS) is 11.3. The van der Waals surface area contributed by atoms with Gasteiger partial charge in [-0.3, -0.25) is 9.59 Å². The van der Waals surface area contributed by atoms with Crippen molar-refractivity contribution in [2.75, 3.05) is 23.4 Å². The Morgan fingerprint density at radius 2 is 1.32 bits per heavy atom. The molecule has 2 N–H and O–H groups in total. The lowest BCUT2D eigenvalue weighted by Crippen LogP contribution is -2.32. The van der Waals surface area contributed by atoms with Gasteiger partial charge < -0.3 is 20.1 Å². The molecule has 0 saturated carbocycles. The number of ketones is 1. The van der Waals surface area contributed by atoms with Gasteiger partial charge in [0.25, 0.3) is 0 Å². The fourth-order valence-electron chi connectivity index (χ4n) is 5.35. The number of hydrogen-bond donors (Lipinski definition) is 2. The van der Waals surface area contributed by atoms with Crippen molar-refractivity contribution in [3.8, 4) is 5.75 Å². The first-order chi connectivity index (χ1) is 23.0. The Balaban J connectivity index is 1.15. The zero-order valence-corrected chi connectivity index (χ0v) is 26.1. The molecule has 5 rings (SSSR count). The molecule has 7 nitrogen and oxygen atoms in total. The average Bonchev–Trinajstić information content (AvgIpc) is 3.12. The molecule has 238 valence electrons. The highest BCUT2D eigenvalue weighted by Crippen LogP contribution is 2.22. The third-order valence-electron chi connectivity index (χ3n) is 7.83. The summed E-state index contributed by atoms with van der Waals surface area (Å²) in [6.45, 7) is 0.941. The summed E-state index contributed by atoms with van der Waals surface area (Å²) >= 11 is 0. The highest BCUT2D eigenvalue weighted by molar-refractivity contribution is 6.12. The van der Waals surface area contributed by atoms with Crippen molar-refractivity contribution < 1.29 is 24.2 Å². The highest BCUT2D eigenvalue weighted by atomic mass is 16.5. The number of aryl methyl sites for hydroxylation is 1. The van der Waals surface area contributed by atoms with Crippen LogP contribution in [0.15, 0.2) is 140 Å². The number of carboxylic acids is 1. The van der Waals surface area contributed by atoms with Crippen molar-refractivity contribution in [3.63, 3.8) is 0 Å². The quantitative estimate of drug-likeness (QED) is 0.0872. The van der Waals surface area contributed by atoms with Crippen LogP contribution in [0.1, 0.15) is 39.9 Å². The number of rotatable bonds is 16. The number of hydrogen-bond acceptors (Lipinski definition) is 5. The maximum atomic E-state index is 13.2. The first kappa shape index (κ1) is 32.7. The number of para-hydroxylation sites is 2. The van der Waals surface area contributed by atoms with Crippen LogP contribution in [-0.2, 0) is 22.4 Å². The molecule has 0 aliphatic rings. The third kappa shape index (κ3) is 9.41. The summed E-state index contributed by atoms with van der Waals surface area (Å²) in [4.78, 5) is 40.4. The van der Waals surface area contributed by atoms with Crippen LogP contribution in [-0.4, -0.2) is 42.0 Å². The number of ether oxygens (including phenoxy) is 1. The zero-order valence-electron chi connectivity index (χ0n) is 26.1. The summed E-state index contributed by atoms with van der Waals surface area (Å²) in [6, 6.07) is 41.9. The van der Waals surface area contributed by atoms with Gasteiger partial charge in [0.2, 0.25) is 5.91 Å². The summed E-state index contributed by atoms with van der Waals surface area (Å²) in [5.74, 6) is -0.469. The SMILES string of the molecule is O=C(c1ccccc1)c1ccccc1NC(Cc1ccc(OCCCN(C(=O)CCc2ccccc2)c2ccccc2)cc1)C(=O)O. The van der Waals surface area contributed by atoms with Crippen LogP contribution < -0.4 is 15.0 Å². The molecule has 1 amide bonds. The summed E-state index contributed by atoms with van der Waals surface area (Å²) < 4.78 is 5.98. The van der Waals surface area contributed by atoms with Gasteiger partial charge in [-0.2, -0.15) is 0 Å². The molecular formula is C40H38N2O5. The van der Waals surface area contributed by atoms with Crippen LogP contribution in [0.5, 0.6) is 5.75 Å². The Hall–Kier alpha value is -5.69. The van der Waals surface area contributed by atoms with Crippen molar-refractivity contribution in [1.29, 1.82) is 0 Å². The van der Waals surface area contributed by atoms with E-state index in [1.54, 1.807) is 48.5 Å². The predicted molar refractivity (Wildman–Crippen MR) is 185 cm³/mol. The zero-order chi connectivity index (χ0) is 32.8. The lowest BCUT2D eigenvalue weighted by Gasteiger charge is -2.23. The van der Waals surface area contributed by atoms with Gasteiger partial charge in [0.05, 0.1) is 6.61 Å². The van der Waals surface area contributed by atoms with E-state index in [1.807, 2.05) is 95.9 Å². The largest absolute Gasteiger partial charge is 0.494 e. The number of nitrogens with one attached hydrogen (secondary N) is 1. The number of aliphatic carboxylic acids is 1. The van der Waals surface area contributed by atoms with E-state index in [-0.39, 0.29) is 18.1 Å². The van der Waals surface area contributed by atoms with Gasteiger partial charge in [0, 0.05) is 41.9 Å². The topological polar surface area (TPSA) is 95.9 Å². The molecule has 0 aliphatic heterocycles. The van der Waals surface area contributed by atoms with E-state index in [0.717, 1.165) is 16.8 Å². The molecule has 0 saturated heterocycles. The molecule has 1 atom stereocenters. The van der Waals surface area contributed by atoms with Gasteiger partial charge in [-0.05, 0) is 60.4 Å². The molecule has 0 fully saturated rings. The Morgan fingerprint density at radius 3 is 2.00 bits per heavy atom. The maximum Gasteiger partial charge on any atom is 0.326 e.